The number of hydrogen-bond acceptors (Lipinski definition) is 1. The van der Waals surface area contributed by atoms with Crippen LogP contribution in [0.2, 0.25) is 19.6 Å². The van der Waals surface area contributed by atoms with Gasteiger partial charge in [0, 0.05) is 0 Å². The van der Waals surface area contributed by atoms with Gasteiger partial charge in [0.25, 0.3) is 0 Å². The van der Waals surface area contributed by atoms with Gasteiger partial charge in [-0.3, -0.25) is 0 Å². The lowest BCUT2D eigenvalue weighted by molar-refractivity contribution is -0.110. The molecule has 0 radical (unpaired) electrons. The number of carbonyl (C=O) groups excluding carboxylic acids is 1. The summed E-state index contributed by atoms with van der Waals surface area (Å²) in [6.45, 7) is 6.59. The summed E-state index contributed by atoms with van der Waals surface area (Å²) in [5.74, 6) is 3.10. The van der Waals surface area contributed by atoms with Crippen molar-refractivity contribution in [2.75, 3.05) is 0 Å². The molecule has 1 fully saturated rings. The smallest absolute Gasteiger partial charge is 0.138 e. The molecular formula is C9H14OSi. The molecule has 1 aliphatic rings. The Morgan fingerprint density at radius 3 is 2.18 bits per heavy atom. The summed E-state index contributed by atoms with van der Waals surface area (Å²) in [4.78, 5) is 10.5. The Bertz CT molecular complexity index is 222. The van der Waals surface area contributed by atoms with Crippen molar-refractivity contribution in [1.82, 2.24) is 0 Å². The molecule has 0 aromatic heterocycles. The minimum atomic E-state index is -1.26. The highest BCUT2D eigenvalue weighted by molar-refractivity contribution is 6.83. The van der Waals surface area contributed by atoms with Crippen LogP contribution in [0.3, 0.4) is 0 Å². The average molecular weight is 166 g/mol. The van der Waals surface area contributed by atoms with E-state index in [1.807, 2.05) is 0 Å². The molecule has 0 bridgehead atoms. The second-order valence-electron chi connectivity index (χ2n) is 4.27. The predicted molar refractivity (Wildman–Crippen MR) is 48.9 cm³/mol. The first kappa shape index (κ1) is 8.54. The topological polar surface area (TPSA) is 17.1 Å². The molecule has 1 rings (SSSR count). The first-order valence-corrected chi connectivity index (χ1v) is 7.48. The van der Waals surface area contributed by atoms with Gasteiger partial charge in [0.15, 0.2) is 0 Å². The molecule has 0 atom stereocenters. The van der Waals surface area contributed by atoms with E-state index in [0.717, 1.165) is 19.1 Å². The van der Waals surface area contributed by atoms with Crippen LogP contribution in [0, 0.1) is 16.9 Å². The number of rotatable bonds is 1. The fraction of sp³-hybridized carbons (Fsp3) is 0.667. The zero-order valence-electron chi connectivity index (χ0n) is 7.40. The van der Waals surface area contributed by atoms with Crippen LogP contribution < -0.4 is 0 Å². The molecular weight excluding hydrogens is 152 g/mol. The zero-order valence-corrected chi connectivity index (χ0v) is 8.40. The summed E-state index contributed by atoms with van der Waals surface area (Å²) < 4.78 is 0. The molecule has 0 aliphatic heterocycles. The largest absolute Gasteiger partial charge is 0.302 e. The van der Waals surface area contributed by atoms with Crippen LogP contribution >= 0.6 is 0 Å². The third-order valence-corrected chi connectivity index (χ3v) is 2.58. The van der Waals surface area contributed by atoms with Gasteiger partial charge in [0.1, 0.15) is 14.4 Å². The Labute approximate surface area is 69.2 Å². The first-order valence-electron chi connectivity index (χ1n) is 3.98. The second kappa shape index (κ2) is 2.49. The normalized spacial score (nSPS) is 19.9. The van der Waals surface area contributed by atoms with Crippen molar-refractivity contribution in [2.45, 2.75) is 32.5 Å². The fourth-order valence-electron chi connectivity index (χ4n) is 0.719. The minimum absolute atomic E-state index is 0.208. The van der Waals surface area contributed by atoms with E-state index in [1.165, 1.54) is 0 Å². The molecule has 1 saturated carbocycles. The SMILES string of the molecule is C[Si](C)(C)C#CC1(C=O)CC1. The van der Waals surface area contributed by atoms with Gasteiger partial charge in [-0.1, -0.05) is 25.6 Å². The van der Waals surface area contributed by atoms with E-state index in [0.29, 0.717) is 0 Å². The van der Waals surface area contributed by atoms with Crippen molar-refractivity contribution in [3.63, 3.8) is 0 Å². The Morgan fingerprint density at radius 2 is 1.91 bits per heavy atom. The monoisotopic (exact) mass is 166 g/mol. The van der Waals surface area contributed by atoms with Gasteiger partial charge >= 0.3 is 0 Å². The molecule has 11 heavy (non-hydrogen) atoms. The summed E-state index contributed by atoms with van der Waals surface area (Å²) >= 11 is 0. The number of aldehydes is 1. The van der Waals surface area contributed by atoms with Crippen molar-refractivity contribution in [2.24, 2.45) is 5.41 Å². The fourth-order valence-corrected chi connectivity index (χ4v) is 1.34. The highest BCUT2D eigenvalue weighted by atomic mass is 28.3. The predicted octanol–water partition coefficient (Wildman–Crippen LogP) is 1.85. The van der Waals surface area contributed by atoms with Gasteiger partial charge < -0.3 is 4.79 Å². The Balaban J connectivity index is 2.64. The van der Waals surface area contributed by atoms with Crippen LogP contribution in [-0.4, -0.2) is 14.4 Å². The Hall–Kier alpha value is -0.553. The Morgan fingerprint density at radius 1 is 1.36 bits per heavy atom. The van der Waals surface area contributed by atoms with Gasteiger partial charge in [-0.05, 0) is 12.8 Å². The van der Waals surface area contributed by atoms with Crippen LogP contribution in [0.5, 0.6) is 0 Å². The maximum absolute atomic E-state index is 10.5. The van der Waals surface area contributed by atoms with E-state index in [1.54, 1.807) is 0 Å². The lowest BCUT2D eigenvalue weighted by Gasteiger charge is -2.04. The third-order valence-electron chi connectivity index (χ3n) is 1.70. The molecule has 0 amide bonds. The molecule has 0 N–H and O–H groups in total. The Kier molecular flexibility index (Phi) is 1.94. The first-order chi connectivity index (χ1) is 4.97. The molecule has 2 heteroatoms. The average Bonchev–Trinajstić information content (AvgIpc) is 2.63. The lowest BCUT2D eigenvalue weighted by Crippen LogP contribution is -2.17. The summed E-state index contributed by atoms with van der Waals surface area (Å²) in [6.07, 6.45) is 2.97. The summed E-state index contributed by atoms with van der Waals surface area (Å²) in [7, 11) is -1.26. The molecule has 0 saturated heterocycles. The molecule has 0 unspecified atom stereocenters. The summed E-state index contributed by atoms with van der Waals surface area (Å²) in [5, 5.41) is 0. The van der Waals surface area contributed by atoms with Crippen LogP contribution in [0.1, 0.15) is 12.8 Å². The zero-order chi connectivity index (χ0) is 8.54. The van der Waals surface area contributed by atoms with Crippen molar-refractivity contribution in [3.05, 3.63) is 0 Å². The van der Waals surface area contributed by atoms with Gasteiger partial charge in [-0.2, -0.15) is 0 Å². The molecule has 1 aliphatic carbocycles. The van der Waals surface area contributed by atoms with Crippen molar-refractivity contribution in [1.29, 1.82) is 0 Å². The highest BCUT2D eigenvalue weighted by Gasteiger charge is 2.41. The van der Waals surface area contributed by atoms with E-state index in [4.69, 9.17) is 0 Å². The molecule has 0 aromatic carbocycles. The molecule has 0 aromatic rings. The van der Waals surface area contributed by atoms with Crippen LogP contribution in [-0.2, 0) is 4.79 Å². The number of hydrogen-bond donors (Lipinski definition) is 0. The standard InChI is InChI=1S/C9H14OSi/c1-11(2,3)7-6-9(8-10)4-5-9/h8H,4-5H2,1-3H3. The van der Waals surface area contributed by atoms with Gasteiger partial charge in [0.2, 0.25) is 0 Å². The minimum Gasteiger partial charge on any atom is -0.302 e. The quantitative estimate of drug-likeness (QED) is 0.330. The van der Waals surface area contributed by atoms with Crippen molar-refractivity contribution < 1.29 is 4.79 Å². The molecule has 0 spiro atoms. The van der Waals surface area contributed by atoms with Crippen LogP contribution in [0.4, 0.5) is 0 Å². The van der Waals surface area contributed by atoms with E-state index in [2.05, 4.69) is 31.1 Å². The second-order valence-corrected chi connectivity index (χ2v) is 9.02. The number of carbonyl (C=O) groups is 1. The molecule has 0 heterocycles. The lowest BCUT2D eigenvalue weighted by atomic mass is 10.2. The van der Waals surface area contributed by atoms with Crippen molar-refractivity contribution in [3.8, 4) is 11.5 Å². The maximum Gasteiger partial charge on any atom is 0.138 e. The molecule has 1 nitrogen and oxygen atoms in total. The maximum atomic E-state index is 10.5. The van der Waals surface area contributed by atoms with Gasteiger partial charge in [-0.15, -0.1) is 5.54 Å². The van der Waals surface area contributed by atoms with E-state index in [-0.39, 0.29) is 5.41 Å². The van der Waals surface area contributed by atoms with E-state index >= 15 is 0 Å². The molecule has 60 valence electrons. The highest BCUT2D eigenvalue weighted by Crippen LogP contribution is 2.42. The van der Waals surface area contributed by atoms with Gasteiger partial charge in [0.05, 0.1) is 5.41 Å². The summed E-state index contributed by atoms with van der Waals surface area (Å²) in [6, 6.07) is 0. The van der Waals surface area contributed by atoms with E-state index < -0.39 is 8.07 Å². The summed E-state index contributed by atoms with van der Waals surface area (Å²) in [5.41, 5.74) is 3.03. The van der Waals surface area contributed by atoms with Crippen molar-refractivity contribution >= 4 is 14.4 Å². The van der Waals surface area contributed by atoms with Crippen LogP contribution in [0.15, 0.2) is 0 Å². The van der Waals surface area contributed by atoms with Crippen LogP contribution in [0.25, 0.3) is 0 Å². The van der Waals surface area contributed by atoms with Gasteiger partial charge in [-0.25, -0.2) is 0 Å². The third kappa shape index (κ3) is 2.51. The van der Waals surface area contributed by atoms with E-state index in [9.17, 15) is 4.79 Å².